The highest BCUT2D eigenvalue weighted by Gasteiger charge is 2.11. The van der Waals surface area contributed by atoms with Crippen LogP contribution in [0.4, 0.5) is 0 Å². The van der Waals surface area contributed by atoms with Gasteiger partial charge in [0, 0.05) is 6.42 Å². The van der Waals surface area contributed by atoms with E-state index in [9.17, 15) is 15.3 Å². The number of aliphatic hydroxyl groups is 2. The van der Waals surface area contributed by atoms with Crippen LogP contribution in [0.2, 0.25) is 0 Å². The predicted molar refractivity (Wildman–Crippen MR) is 70.6 cm³/mol. The number of benzene rings is 1. The Labute approximate surface area is 106 Å². The molecular formula is C15H16O3. The van der Waals surface area contributed by atoms with Gasteiger partial charge in [0.1, 0.15) is 11.5 Å². The molecule has 0 heterocycles. The summed E-state index contributed by atoms with van der Waals surface area (Å²) in [5.74, 6) is 0.367. The Morgan fingerprint density at radius 2 is 1.72 bits per heavy atom. The van der Waals surface area contributed by atoms with Gasteiger partial charge in [0.05, 0.1) is 0 Å². The molecule has 1 aliphatic rings. The molecule has 94 valence electrons. The lowest BCUT2D eigenvalue weighted by Crippen LogP contribution is -1.98. The quantitative estimate of drug-likeness (QED) is 0.743. The lowest BCUT2D eigenvalue weighted by Gasteiger charge is -2.12. The average Bonchev–Trinajstić information content (AvgIpc) is 2.34. The molecule has 0 amide bonds. The van der Waals surface area contributed by atoms with E-state index in [2.05, 4.69) is 0 Å². The van der Waals surface area contributed by atoms with Crippen LogP contribution in [0, 0.1) is 0 Å². The van der Waals surface area contributed by atoms with Crippen LogP contribution in [-0.2, 0) is 0 Å². The fourth-order valence-electron chi connectivity index (χ4n) is 1.93. The molecule has 3 N–H and O–H groups in total. The van der Waals surface area contributed by atoms with Crippen molar-refractivity contribution in [3.05, 3.63) is 65.1 Å². The zero-order valence-corrected chi connectivity index (χ0v) is 10.2. The standard InChI is InChI=1S/C15H16O3/c1-10(12-3-5-13(16)6-4-12)8-11-2-7-14(17)15(18)9-11/h2-8,10,16-18H,9H2,1H3. The molecule has 18 heavy (non-hydrogen) atoms. The molecule has 2 rings (SSSR count). The second-order valence-electron chi connectivity index (χ2n) is 4.46. The van der Waals surface area contributed by atoms with Crippen molar-refractivity contribution in [2.24, 2.45) is 0 Å². The van der Waals surface area contributed by atoms with Crippen LogP contribution in [0.1, 0.15) is 24.8 Å². The van der Waals surface area contributed by atoms with E-state index in [0.29, 0.717) is 6.42 Å². The van der Waals surface area contributed by atoms with E-state index < -0.39 is 0 Å². The summed E-state index contributed by atoms with van der Waals surface area (Å²) in [7, 11) is 0. The average molecular weight is 244 g/mol. The Bertz CT molecular complexity index is 521. The van der Waals surface area contributed by atoms with Gasteiger partial charge < -0.3 is 15.3 Å². The van der Waals surface area contributed by atoms with E-state index in [4.69, 9.17) is 0 Å². The lowest BCUT2D eigenvalue weighted by atomic mass is 9.95. The molecule has 0 spiro atoms. The van der Waals surface area contributed by atoms with Crippen molar-refractivity contribution in [1.29, 1.82) is 0 Å². The second-order valence-corrected chi connectivity index (χ2v) is 4.46. The molecule has 0 saturated heterocycles. The van der Waals surface area contributed by atoms with Gasteiger partial charge in [-0.3, -0.25) is 0 Å². The number of rotatable bonds is 2. The number of phenols is 1. The molecular weight excluding hydrogens is 228 g/mol. The van der Waals surface area contributed by atoms with Crippen molar-refractivity contribution in [3.63, 3.8) is 0 Å². The van der Waals surface area contributed by atoms with Crippen LogP contribution in [0.3, 0.4) is 0 Å². The number of hydrogen-bond donors (Lipinski definition) is 3. The van der Waals surface area contributed by atoms with Gasteiger partial charge in [-0.15, -0.1) is 0 Å². The van der Waals surface area contributed by atoms with E-state index in [0.717, 1.165) is 11.1 Å². The molecule has 3 heteroatoms. The van der Waals surface area contributed by atoms with Gasteiger partial charge in [-0.2, -0.15) is 0 Å². The maximum Gasteiger partial charge on any atom is 0.153 e. The lowest BCUT2D eigenvalue weighted by molar-refractivity contribution is 0.327. The summed E-state index contributed by atoms with van der Waals surface area (Å²) in [4.78, 5) is 0. The van der Waals surface area contributed by atoms with E-state index in [-0.39, 0.29) is 23.2 Å². The minimum absolute atomic E-state index is 0.00153. The van der Waals surface area contributed by atoms with Gasteiger partial charge in [-0.1, -0.05) is 31.2 Å². The molecule has 0 aliphatic heterocycles. The van der Waals surface area contributed by atoms with Crippen molar-refractivity contribution in [1.82, 2.24) is 0 Å². The van der Waals surface area contributed by atoms with Gasteiger partial charge in [-0.05, 0) is 35.3 Å². The first-order chi connectivity index (χ1) is 8.56. The van der Waals surface area contributed by atoms with Gasteiger partial charge in [-0.25, -0.2) is 0 Å². The number of hydrogen-bond acceptors (Lipinski definition) is 3. The molecule has 0 radical (unpaired) electrons. The van der Waals surface area contributed by atoms with Crippen LogP contribution in [0.5, 0.6) is 5.75 Å². The summed E-state index contributed by atoms with van der Waals surface area (Å²) in [6, 6.07) is 7.06. The Morgan fingerprint density at radius 1 is 1.06 bits per heavy atom. The van der Waals surface area contributed by atoms with Gasteiger partial charge in [0.25, 0.3) is 0 Å². The highest BCUT2D eigenvalue weighted by Crippen LogP contribution is 2.25. The Kier molecular flexibility index (Phi) is 3.42. The Morgan fingerprint density at radius 3 is 2.33 bits per heavy atom. The third-order valence-corrected chi connectivity index (χ3v) is 3.01. The maximum atomic E-state index is 9.47. The maximum absolute atomic E-state index is 9.47. The summed E-state index contributed by atoms with van der Waals surface area (Å²) in [5, 5.41) is 28.0. The predicted octanol–water partition coefficient (Wildman–Crippen LogP) is 3.71. The fourth-order valence-corrected chi connectivity index (χ4v) is 1.93. The molecule has 1 aromatic rings. The summed E-state index contributed by atoms with van der Waals surface area (Å²) in [5.41, 5.74) is 2.05. The third kappa shape index (κ3) is 2.74. The van der Waals surface area contributed by atoms with Crippen LogP contribution >= 0.6 is 0 Å². The second kappa shape index (κ2) is 5.00. The molecule has 1 aliphatic carbocycles. The van der Waals surface area contributed by atoms with Gasteiger partial charge in [0.2, 0.25) is 0 Å². The van der Waals surface area contributed by atoms with Crippen molar-refractivity contribution in [2.45, 2.75) is 19.3 Å². The van der Waals surface area contributed by atoms with Crippen LogP contribution in [0.15, 0.2) is 59.6 Å². The summed E-state index contributed by atoms with van der Waals surface area (Å²) in [6.45, 7) is 2.04. The SMILES string of the molecule is CC(C=C1C=CC(O)=C(O)C1)c1ccc(O)cc1. The van der Waals surface area contributed by atoms with E-state index in [1.165, 1.54) is 6.08 Å². The molecule has 1 unspecified atom stereocenters. The monoisotopic (exact) mass is 244 g/mol. The largest absolute Gasteiger partial charge is 0.508 e. The first-order valence-electron chi connectivity index (χ1n) is 5.85. The third-order valence-electron chi connectivity index (χ3n) is 3.01. The van der Waals surface area contributed by atoms with E-state index >= 15 is 0 Å². The first kappa shape index (κ1) is 12.3. The first-order valence-corrected chi connectivity index (χ1v) is 5.85. The van der Waals surface area contributed by atoms with Crippen molar-refractivity contribution in [3.8, 4) is 5.75 Å². The molecule has 0 bridgehead atoms. The number of aliphatic hydroxyl groups excluding tert-OH is 2. The van der Waals surface area contributed by atoms with Crippen molar-refractivity contribution < 1.29 is 15.3 Å². The van der Waals surface area contributed by atoms with E-state index in [1.807, 2.05) is 25.1 Å². The van der Waals surface area contributed by atoms with Gasteiger partial charge in [0.15, 0.2) is 5.76 Å². The highest BCUT2D eigenvalue weighted by atomic mass is 16.3. The molecule has 0 fully saturated rings. The minimum Gasteiger partial charge on any atom is -0.508 e. The molecule has 1 atom stereocenters. The van der Waals surface area contributed by atoms with E-state index in [1.54, 1.807) is 18.2 Å². The zero-order valence-electron chi connectivity index (χ0n) is 10.2. The van der Waals surface area contributed by atoms with Crippen molar-refractivity contribution in [2.75, 3.05) is 0 Å². The van der Waals surface area contributed by atoms with Gasteiger partial charge >= 0.3 is 0 Å². The summed E-state index contributed by atoms with van der Waals surface area (Å²) < 4.78 is 0. The topological polar surface area (TPSA) is 60.7 Å². The van der Waals surface area contributed by atoms with Crippen LogP contribution in [-0.4, -0.2) is 15.3 Å². The zero-order chi connectivity index (χ0) is 13.1. The normalized spacial score (nSPS) is 19.3. The number of allylic oxidation sites excluding steroid dienone is 4. The summed E-state index contributed by atoms with van der Waals surface area (Å²) >= 11 is 0. The molecule has 1 aromatic carbocycles. The molecule has 0 saturated carbocycles. The Hall–Kier alpha value is -2.16. The Balaban J connectivity index is 2.15. The highest BCUT2D eigenvalue weighted by molar-refractivity contribution is 5.38. The fraction of sp³-hybridized carbons (Fsp3) is 0.200. The minimum atomic E-state index is -0.0653. The van der Waals surface area contributed by atoms with Crippen molar-refractivity contribution >= 4 is 0 Å². The molecule has 3 nitrogen and oxygen atoms in total. The smallest absolute Gasteiger partial charge is 0.153 e. The van der Waals surface area contributed by atoms with Crippen LogP contribution in [0.25, 0.3) is 0 Å². The van der Waals surface area contributed by atoms with Crippen LogP contribution < -0.4 is 0 Å². The number of aromatic hydroxyl groups is 1. The number of phenolic OH excluding ortho intramolecular Hbond substituents is 1. The summed E-state index contributed by atoms with van der Waals surface area (Å²) in [6.07, 6.45) is 5.68. The molecule has 0 aromatic heterocycles.